The minimum atomic E-state index is -0.742. The monoisotopic (exact) mass is 564 g/mol. The van der Waals surface area contributed by atoms with E-state index >= 15 is 0 Å². The van der Waals surface area contributed by atoms with E-state index in [4.69, 9.17) is 27.9 Å². The molecule has 2 aromatic rings. The van der Waals surface area contributed by atoms with E-state index in [1.165, 1.54) is 12.1 Å². The van der Waals surface area contributed by atoms with Gasteiger partial charge in [0.1, 0.15) is 0 Å². The fourth-order valence-corrected chi connectivity index (χ4v) is 6.48. The Morgan fingerprint density at radius 3 is 2.24 bits per heavy atom. The summed E-state index contributed by atoms with van der Waals surface area (Å²) >= 11 is 16.1. The molecule has 2 aromatic carbocycles. The van der Waals surface area contributed by atoms with Gasteiger partial charge >= 0.3 is 5.97 Å². The van der Waals surface area contributed by atoms with Gasteiger partial charge in [-0.1, -0.05) is 22.0 Å². The second-order valence-electron chi connectivity index (χ2n) is 8.70. The molecule has 3 amide bonds. The lowest BCUT2D eigenvalue weighted by Crippen LogP contribution is -2.37. The number of rotatable bonds is 5. The van der Waals surface area contributed by atoms with Gasteiger partial charge in [-0.3, -0.25) is 19.3 Å². The Kier molecular flexibility index (Phi) is 6.16. The molecular weight excluding hydrogens is 547 g/mol. The van der Waals surface area contributed by atoms with Crippen LogP contribution in [-0.4, -0.2) is 41.1 Å². The van der Waals surface area contributed by atoms with Crippen molar-refractivity contribution in [3.8, 4) is 0 Å². The molecule has 1 N–H and O–H groups in total. The van der Waals surface area contributed by atoms with Gasteiger partial charge in [-0.15, -0.1) is 23.2 Å². The molecule has 3 aliphatic rings. The van der Waals surface area contributed by atoms with Gasteiger partial charge in [0.15, 0.2) is 6.61 Å². The van der Waals surface area contributed by atoms with E-state index in [1.807, 2.05) is 0 Å². The first-order valence-corrected chi connectivity index (χ1v) is 12.4. The number of ether oxygens (including phenoxy) is 1. The van der Waals surface area contributed by atoms with Crippen LogP contribution in [-0.2, 0) is 19.1 Å². The lowest BCUT2D eigenvalue weighted by atomic mass is 9.80. The third-order valence-corrected chi connectivity index (χ3v) is 8.64. The van der Waals surface area contributed by atoms with Crippen molar-refractivity contribution in [3.05, 3.63) is 58.6 Å². The van der Waals surface area contributed by atoms with Crippen molar-refractivity contribution in [3.63, 3.8) is 0 Å². The summed E-state index contributed by atoms with van der Waals surface area (Å²) < 4.78 is 5.99. The third-order valence-electron chi connectivity index (χ3n) is 6.79. The van der Waals surface area contributed by atoms with Crippen molar-refractivity contribution in [2.24, 2.45) is 23.7 Å². The number of hydrogen-bond acceptors (Lipinski definition) is 5. The molecule has 0 radical (unpaired) electrons. The SMILES string of the molecule is O=C(COC(=O)c1cccc(N2C(=O)[C@@H]3[C@H]4C[C@@H]([C@H](Cl)[C@@H]4Cl)[C@@H]3C2=O)c1)Nc1ccc(Br)cc1. The van der Waals surface area contributed by atoms with Gasteiger partial charge in [-0.25, -0.2) is 4.79 Å². The zero-order chi connectivity index (χ0) is 24.1. The smallest absolute Gasteiger partial charge is 0.338 e. The minimum Gasteiger partial charge on any atom is -0.452 e. The van der Waals surface area contributed by atoms with Crippen LogP contribution in [0.3, 0.4) is 0 Å². The summed E-state index contributed by atoms with van der Waals surface area (Å²) in [5, 5.41) is 1.95. The van der Waals surface area contributed by atoms with E-state index in [0.717, 1.165) is 9.37 Å². The molecule has 5 rings (SSSR count). The molecule has 1 heterocycles. The molecule has 2 saturated carbocycles. The molecule has 10 heteroatoms. The van der Waals surface area contributed by atoms with Crippen molar-refractivity contribution < 1.29 is 23.9 Å². The van der Waals surface area contributed by atoms with Crippen LogP contribution in [0, 0.1) is 23.7 Å². The van der Waals surface area contributed by atoms with E-state index in [2.05, 4.69) is 21.2 Å². The number of alkyl halides is 2. The Morgan fingerprint density at radius 2 is 1.62 bits per heavy atom. The maximum absolute atomic E-state index is 13.2. The summed E-state index contributed by atoms with van der Waals surface area (Å²) in [7, 11) is 0. The number of esters is 1. The Morgan fingerprint density at radius 1 is 1.00 bits per heavy atom. The normalized spacial score (nSPS) is 29.3. The van der Waals surface area contributed by atoms with Crippen LogP contribution in [0.4, 0.5) is 11.4 Å². The van der Waals surface area contributed by atoms with Crippen molar-refractivity contribution >= 4 is 74.2 Å². The number of carbonyl (C=O) groups excluding carboxylic acids is 4. The highest BCUT2D eigenvalue weighted by molar-refractivity contribution is 9.10. The maximum atomic E-state index is 13.2. The predicted molar refractivity (Wildman–Crippen MR) is 130 cm³/mol. The second-order valence-corrected chi connectivity index (χ2v) is 10.6. The number of benzene rings is 2. The fourth-order valence-electron chi connectivity index (χ4n) is 5.32. The molecule has 3 fully saturated rings. The first-order valence-electron chi connectivity index (χ1n) is 10.7. The molecule has 1 saturated heterocycles. The van der Waals surface area contributed by atoms with Crippen molar-refractivity contribution in [1.82, 2.24) is 0 Å². The highest BCUT2D eigenvalue weighted by Gasteiger charge is 2.66. The number of carbonyl (C=O) groups is 4. The van der Waals surface area contributed by atoms with Crippen LogP contribution >= 0.6 is 39.1 Å². The fraction of sp³-hybridized carbons (Fsp3) is 0.333. The first kappa shape index (κ1) is 23.3. The van der Waals surface area contributed by atoms with E-state index in [9.17, 15) is 19.2 Å². The van der Waals surface area contributed by atoms with Gasteiger partial charge in [0, 0.05) is 10.2 Å². The van der Waals surface area contributed by atoms with Gasteiger partial charge in [-0.2, -0.15) is 0 Å². The molecule has 34 heavy (non-hydrogen) atoms. The van der Waals surface area contributed by atoms with E-state index in [0.29, 0.717) is 12.1 Å². The number of fused-ring (bicyclic) bond motifs is 5. The number of nitrogens with zero attached hydrogens (tertiary/aromatic N) is 1. The average Bonchev–Trinajstić information content (AvgIpc) is 3.44. The number of anilines is 2. The first-order chi connectivity index (χ1) is 16.3. The summed E-state index contributed by atoms with van der Waals surface area (Å²) in [6.45, 7) is -0.484. The molecular formula is C24H19BrCl2N2O5. The molecule has 6 atom stereocenters. The number of imide groups is 1. The third kappa shape index (κ3) is 3.91. The van der Waals surface area contributed by atoms with Crippen LogP contribution in [0.1, 0.15) is 16.8 Å². The van der Waals surface area contributed by atoms with E-state index < -0.39 is 30.3 Å². The summed E-state index contributed by atoms with van der Waals surface area (Å²) in [6, 6.07) is 13.0. The second kappa shape index (κ2) is 8.98. The molecule has 0 spiro atoms. The number of hydrogen-bond donors (Lipinski definition) is 1. The van der Waals surface area contributed by atoms with Crippen molar-refractivity contribution in [2.45, 2.75) is 17.2 Å². The lowest BCUT2D eigenvalue weighted by molar-refractivity contribution is -0.123. The molecule has 2 aliphatic carbocycles. The van der Waals surface area contributed by atoms with Gasteiger partial charge in [0.2, 0.25) is 11.8 Å². The summed E-state index contributed by atoms with van der Waals surface area (Å²) in [4.78, 5) is 52.1. The standard InChI is InChI=1S/C24H19BrCl2N2O5/c25-12-4-6-13(7-5-12)28-17(30)10-34-24(33)11-2-1-3-14(8-11)29-22(31)18-15-9-16(19(18)23(29)32)21(27)20(15)26/h1-8,15-16,18-21H,9-10H2,(H,28,30)/t15-,16-,18-,19+,20-,21+/m1/s1. The van der Waals surface area contributed by atoms with Crippen LogP contribution in [0.2, 0.25) is 0 Å². The Labute approximate surface area is 213 Å². The minimum absolute atomic E-state index is 0.125. The van der Waals surface area contributed by atoms with Gasteiger partial charge in [0.25, 0.3) is 5.91 Å². The summed E-state index contributed by atoms with van der Waals surface area (Å²) in [6.07, 6.45) is 0.678. The predicted octanol–water partition coefficient (Wildman–Crippen LogP) is 4.21. The number of nitrogens with one attached hydrogen (secondary N) is 1. The molecule has 0 unspecified atom stereocenters. The molecule has 0 aromatic heterocycles. The maximum Gasteiger partial charge on any atom is 0.338 e. The summed E-state index contributed by atoms with van der Waals surface area (Å²) in [5.41, 5.74) is 0.977. The van der Waals surface area contributed by atoms with Crippen LogP contribution in [0.25, 0.3) is 0 Å². The number of amides is 3. The van der Waals surface area contributed by atoms with Crippen LogP contribution in [0.5, 0.6) is 0 Å². The lowest BCUT2D eigenvalue weighted by Gasteiger charge is -2.28. The Balaban J connectivity index is 1.26. The number of halogens is 3. The molecule has 176 valence electrons. The molecule has 1 aliphatic heterocycles. The van der Waals surface area contributed by atoms with Crippen molar-refractivity contribution in [2.75, 3.05) is 16.8 Å². The van der Waals surface area contributed by atoms with Gasteiger partial charge in [-0.05, 0) is 60.7 Å². The van der Waals surface area contributed by atoms with Gasteiger partial charge in [0.05, 0.1) is 33.8 Å². The largest absolute Gasteiger partial charge is 0.452 e. The zero-order valence-corrected chi connectivity index (χ0v) is 20.7. The quantitative estimate of drug-likeness (QED) is 0.333. The van der Waals surface area contributed by atoms with E-state index in [-0.39, 0.29) is 45.7 Å². The summed E-state index contributed by atoms with van der Waals surface area (Å²) in [5.74, 6) is -3.07. The highest BCUT2D eigenvalue weighted by atomic mass is 79.9. The highest BCUT2D eigenvalue weighted by Crippen LogP contribution is 2.59. The van der Waals surface area contributed by atoms with Crippen LogP contribution < -0.4 is 10.2 Å². The zero-order valence-electron chi connectivity index (χ0n) is 17.6. The van der Waals surface area contributed by atoms with Crippen molar-refractivity contribution in [1.29, 1.82) is 0 Å². The topological polar surface area (TPSA) is 92.8 Å². The average molecular weight is 566 g/mol. The van der Waals surface area contributed by atoms with Crippen LogP contribution in [0.15, 0.2) is 53.0 Å². The molecule has 2 bridgehead atoms. The van der Waals surface area contributed by atoms with E-state index in [1.54, 1.807) is 36.4 Å². The Hall–Kier alpha value is -2.42. The van der Waals surface area contributed by atoms with Gasteiger partial charge < -0.3 is 10.1 Å². The molecule has 7 nitrogen and oxygen atoms in total. The Bertz CT molecular complexity index is 1160.